The van der Waals surface area contributed by atoms with E-state index in [1.807, 2.05) is 66.7 Å². The zero-order valence-corrected chi connectivity index (χ0v) is 20.1. The van der Waals surface area contributed by atoms with Crippen molar-refractivity contribution in [3.05, 3.63) is 123 Å². The molecule has 1 aliphatic rings. The molecule has 0 bridgehead atoms. The smallest absolute Gasteiger partial charge is 0.291 e. The van der Waals surface area contributed by atoms with E-state index in [0.29, 0.717) is 32.1 Å². The van der Waals surface area contributed by atoms with Gasteiger partial charge in [0, 0.05) is 11.1 Å². The Morgan fingerprint density at radius 2 is 1.54 bits per heavy atom. The second-order valence-corrected chi connectivity index (χ2v) is 9.78. The van der Waals surface area contributed by atoms with Gasteiger partial charge in [0.05, 0.1) is 17.8 Å². The van der Waals surface area contributed by atoms with E-state index < -0.39 is 0 Å². The van der Waals surface area contributed by atoms with Crippen molar-refractivity contribution in [1.82, 2.24) is 14.6 Å². The molecule has 0 saturated heterocycles. The maximum Gasteiger partial charge on any atom is 0.291 e. The lowest BCUT2D eigenvalue weighted by molar-refractivity contribution is -0.113. The quantitative estimate of drug-likeness (QED) is 0.354. The van der Waals surface area contributed by atoms with Crippen LogP contribution in [0.3, 0.4) is 0 Å². The number of para-hydroxylation sites is 1. The van der Waals surface area contributed by atoms with E-state index in [2.05, 4.69) is 10.1 Å². The fourth-order valence-electron chi connectivity index (χ4n) is 4.85. The summed E-state index contributed by atoms with van der Waals surface area (Å²) in [6.07, 6.45) is 0. The lowest BCUT2D eigenvalue weighted by Gasteiger charge is -2.17. The summed E-state index contributed by atoms with van der Waals surface area (Å²) < 4.78 is 15.0. The number of nitrogens with zero attached hydrogens (tertiary/aromatic N) is 4. The van der Waals surface area contributed by atoms with Gasteiger partial charge in [0.15, 0.2) is 5.82 Å². The van der Waals surface area contributed by atoms with E-state index in [0.717, 1.165) is 33.2 Å². The van der Waals surface area contributed by atoms with Gasteiger partial charge in [-0.15, -0.1) is 5.10 Å². The molecule has 37 heavy (non-hydrogen) atoms. The van der Waals surface area contributed by atoms with E-state index in [-0.39, 0.29) is 23.8 Å². The predicted molar refractivity (Wildman–Crippen MR) is 142 cm³/mol. The molecule has 4 aromatic carbocycles. The third-order valence-corrected chi connectivity index (χ3v) is 7.62. The molecular formula is C29H17FN4O2S. The Labute approximate surface area is 213 Å². The predicted octanol–water partition coefficient (Wildman–Crippen LogP) is 4.58. The standard InChI is InChI=1S/C29H17FN4O2S/c30-19-14-12-17(13-15-19)16-33-23-11-4-3-9-22(23)24(27(33)35)25-28(36)34-29(37-25)31-26(32-34)21-10-5-7-18-6-1-2-8-20(18)21/h1-15H,16H2/b25-24-. The van der Waals surface area contributed by atoms with Gasteiger partial charge in [-0.05, 0) is 34.5 Å². The van der Waals surface area contributed by atoms with Crippen LogP contribution in [0.4, 0.5) is 10.1 Å². The van der Waals surface area contributed by atoms with E-state index in [4.69, 9.17) is 0 Å². The number of hydrogen-bond donors (Lipinski definition) is 0. The molecule has 0 atom stereocenters. The molecule has 6 nitrogen and oxygen atoms in total. The minimum Gasteiger partial charge on any atom is -0.303 e. The zero-order chi connectivity index (χ0) is 25.1. The highest BCUT2D eigenvalue weighted by molar-refractivity contribution is 7.15. The SMILES string of the molecule is O=C1/C(=c2\sc3nc(-c4cccc5ccccc45)nn3c2=O)c2ccccc2N1Cc1ccc(F)cc1. The normalized spacial score (nSPS) is 14.6. The highest BCUT2D eigenvalue weighted by Crippen LogP contribution is 2.36. The molecule has 0 fully saturated rings. The van der Waals surface area contributed by atoms with Crippen molar-refractivity contribution in [2.75, 3.05) is 4.90 Å². The maximum atomic E-state index is 13.7. The van der Waals surface area contributed by atoms with Gasteiger partial charge in [0.25, 0.3) is 11.5 Å². The first-order chi connectivity index (χ1) is 18.1. The Hall–Kier alpha value is -4.69. The molecule has 1 amide bonds. The van der Waals surface area contributed by atoms with Gasteiger partial charge in [-0.3, -0.25) is 9.59 Å². The minimum absolute atomic E-state index is 0.264. The zero-order valence-electron chi connectivity index (χ0n) is 19.3. The second kappa shape index (κ2) is 8.18. The number of benzene rings is 4. The van der Waals surface area contributed by atoms with Crippen LogP contribution in [0.25, 0.3) is 32.7 Å². The van der Waals surface area contributed by atoms with Crippen LogP contribution in [0.1, 0.15) is 11.1 Å². The van der Waals surface area contributed by atoms with Crippen molar-refractivity contribution in [2.45, 2.75) is 6.54 Å². The number of anilines is 1. The first kappa shape index (κ1) is 21.6. The third kappa shape index (κ3) is 3.37. The fourth-order valence-corrected chi connectivity index (χ4v) is 5.85. The molecule has 1 aliphatic heterocycles. The van der Waals surface area contributed by atoms with Crippen molar-refractivity contribution < 1.29 is 9.18 Å². The van der Waals surface area contributed by atoms with Crippen LogP contribution in [-0.2, 0) is 11.3 Å². The van der Waals surface area contributed by atoms with Gasteiger partial charge in [-0.2, -0.15) is 9.50 Å². The maximum absolute atomic E-state index is 13.7. The van der Waals surface area contributed by atoms with E-state index in [1.165, 1.54) is 16.6 Å². The summed E-state index contributed by atoms with van der Waals surface area (Å²) in [6, 6.07) is 27.3. The number of aromatic nitrogens is 3. The van der Waals surface area contributed by atoms with Crippen LogP contribution < -0.4 is 15.0 Å². The molecular weight excluding hydrogens is 487 g/mol. The molecule has 0 aliphatic carbocycles. The van der Waals surface area contributed by atoms with Crippen molar-refractivity contribution in [1.29, 1.82) is 0 Å². The summed E-state index contributed by atoms with van der Waals surface area (Å²) in [5.41, 5.74) is 2.99. The van der Waals surface area contributed by atoms with Crippen molar-refractivity contribution in [3.8, 4) is 11.4 Å². The van der Waals surface area contributed by atoms with Gasteiger partial charge < -0.3 is 4.90 Å². The first-order valence-electron chi connectivity index (χ1n) is 11.7. The Morgan fingerprint density at radius 1 is 0.811 bits per heavy atom. The second-order valence-electron chi connectivity index (χ2n) is 8.80. The lowest BCUT2D eigenvalue weighted by Crippen LogP contribution is -2.32. The number of carbonyl (C=O) groups is 1. The monoisotopic (exact) mass is 504 g/mol. The average Bonchev–Trinajstić information content (AvgIpc) is 3.56. The first-order valence-corrected chi connectivity index (χ1v) is 12.5. The summed E-state index contributed by atoms with van der Waals surface area (Å²) in [6.45, 7) is 0.264. The van der Waals surface area contributed by atoms with E-state index in [9.17, 15) is 14.0 Å². The Morgan fingerprint density at radius 3 is 2.38 bits per heavy atom. The molecule has 0 unspecified atom stereocenters. The minimum atomic E-state index is -0.374. The van der Waals surface area contributed by atoms with E-state index in [1.54, 1.807) is 17.0 Å². The number of halogens is 1. The van der Waals surface area contributed by atoms with Crippen LogP contribution in [0.2, 0.25) is 0 Å². The lowest BCUT2D eigenvalue weighted by atomic mass is 10.0. The Balaban J connectivity index is 1.37. The number of rotatable bonds is 3. The van der Waals surface area contributed by atoms with Crippen LogP contribution >= 0.6 is 11.3 Å². The molecule has 0 saturated carbocycles. The van der Waals surface area contributed by atoms with Gasteiger partial charge >= 0.3 is 0 Å². The summed E-state index contributed by atoms with van der Waals surface area (Å²) in [4.78, 5) is 33.9. The number of thiazole rings is 1. The molecule has 0 N–H and O–H groups in total. The highest BCUT2D eigenvalue weighted by Gasteiger charge is 2.34. The number of fused-ring (bicyclic) bond motifs is 3. The number of amides is 1. The third-order valence-electron chi connectivity index (χ3n) is 6.59. The fraction of sp³-hybridized carbons (Fsp3) is 0.0345. The topological polar surface area (TPSA) is 67.6 Å². The van der Waals surface area contributed by atoms with Gasteiger partial charge in [-0.25, -0.2) is 4.39 Å². The molecule has 178 valence electrons. The Kier molecular flexibility index (Phi) is 4.77. The molecule has 3 heterocycles. The van der Waals surface area contributed by atoms with Crippen LogP contribution in [0.15, 0.2) is 95.8 Å². The number of hydrogen-bond acceptors (Lipinski definition) is 5. The molecule has 0 radical (unpaired) electrons. The van der Waals surface area contributed by atoms with Crippen molar-refractivity contribution >= 4 is 44.2 Å². The summed E-state index contributed by atoms with van der Waals surface area (Å²) in [5.74, 6) is -0.147. The largest absolute Gasteiger partial charge is 0.303 e. The average molecular weight is 505 g/mol. The number of carbonyl (C=O) groups excluding carboxylic acids is 1. The Bertz CT molecular complexity index is 1970. The van der Waals surface area contributed by atoms with Crippen LogP contribution in [0, 0.1) is 5.82 Å². The van der Waals surface area contributed by atoms with Gasteiger partial charge in [0.2, 0.25) is 4.96 Å². The summed E-state index contributed by atoms with van der Waals surface area (Å²) >= 11 is 1.16. The molecule has 0 spiro atoms. The molecule has 8 heteroatoms. The van der Waals surface area contributed by atoms with Gasteiger partial charge in [-0.1, -0.05) is 84.1 Å². The molecule has 2 aromatic heterocycles. The van der Waals surface area contributed by atoms with Crippen molar-refractivity contribution in [2.24, 2.45) is 0 Å². The van der Waals surface area contributed by atoms with Crippen molar-refractivity contribution in [3.63, 3.8) is 0 Å². The summed E-state index contributed by atoms with van der Waals surface area (Å²) in [5, 5.41) is 6.59. The molecule has 6 aromatic rings. The van der Waals surface area contributed by atoms with Gasteiger partial charge in [0.1, 0.15) is 10.3 Å². The molecule has 7 rings (SSSR count). The van der Waals surface area contributed by atoms with Crippen LogP contribution in [-0.4, -0.2) is 20.5 Å². The van der Waals surface area contributed by atoms with Crippen LogP contribution in [0.5, 0.6) is 0 Å². The summed E-state index contributed by atoms with van der Waals surface area (Å²) in [7, 11) is 0. The van der Waals surface area contributed by atoms with E-state index >= 15 is 0 Å². The highest BCUT2D eigenvalue weighted by atomic mass is 32.1.